The second-order valence-corrected chi connectivity index (χ2v) is 6.72. The minimum absolute atomic E-state index is 0.274. The molecule has 1 amide bonds. The lowest BCUT2D eigenvalue weighted by Crippen LogP contribution is -2.28. The van der Waals surface area contributed by atoms with E-state index in [1.54, 1.807) is 12.3 Å². The van der Waals surface area contributed by atoms with Gasteiger partial charge in [-0.1, -0.05) is 0 Å². The maximum absolute atomic E-state index is 13.7. The molecule has 0 saturated carbocycles. The molecule has 2 heterocycles. The van der Waals surface area contributed by atoms with Crippen molar-refractivity contribution in [2.24, 2.45) is 0 Å². The van der Waals surface area contributed by atoms with E-state index in [9.17, 15) is 18.4 Å². The molecule has 0 aliphatic rings. The van der Waals surface area contributed by atoms with Crippen molar-refractivity contribution in [3.05, 3.63) is 82.9 Å². The number of fused-ring (bicyclic) bond motifs is 1. The summed E-state index contributed by atoms with van der Waals surface area (Å²) < 4.78 is 35.0. The van der Waals surface area contributed by atoms with Gasteiger partial charge in [-0.3, -0.25) is 9.59 Å². The predicted molar refractivity (Wildman–Crippen MR) is 111 cm³/mol. The zero-order chi connectivity index (χ0) is 22.0. The number of hydrogen-bond acceptors (Lipinski definition) is 4. The second kappa shape index (κ2) is 8.39. The summed E-state index contributed by atoms with van der Waals surface area (Å²) in [7, 11) is 0. The SMILES string of the molecule is CCOc1ccc(-c2cc3c(=O)n(CC(=O)Nc4cc(F)ccc4F)ccn3n2)cc1. The normalized spacial score (nSPS) is 10.9. The standard InChI is InChI=1S/C22H18F2N4O3/c1-2-31-16-6-3-14(4-7-16)18-12-20-22(30)27(9-10-28(20)26-18)13-21(29)25-19-11-15(23)5-8-17(19)24/h3-12H,2,13H2,1H3,(H,25,29). The quantitative estimate of drug-likeness (QED) is 0.514. The van der Waals surface area contributed by atoms with E-state index >= 15 is 0 Å². The number of rotatable bonds is 6. The fourth-order valence-electron chi connectivity index (χ4n) is 3.12. The molecule has 0 unspecified atom stereocenters. The van der Waals surface area contributed by atoms with Gasteiger partial charge in [0.05, 0.1) is 18.0 Å². The van der Waals surface area contributed by atoms with Crippen LogP contribution < -0.4 is 15.6 Å². The first-order valence-electron chi connectivity index (χ1n) is 9.51. The van der Waals surface area contributed by atoms with Crippen LogP contribution >= 0.6 is 0 Å². The van der Waals surface area contributed by atoms with Gasteiger partial charge < -0.3 is 14.6 Å². The lowest BCUT2D eigenvalue weighted by molar-refractivity contribution is -0.116. The van der Waals surface area contributed by atoms with Crippen molar-refractivity contribution >= 4 is 17.1 Å². The van der Waals surface area contributed by atoms with Crippen LogP contribution in [0.15, 0.2) is 65.7 Å². The molecule has 0 fully saturated rings. The van der Waals surface area contributed by atoms with Crippen LogP contribution in [0.25, 0.3) is 16.8 Å². The zero-order valence-electron chi connectivity index (χ0n) is 16.5. The van der Waals surface area contributed by atoms with Crippen LogP contribution in [0.5, 0.6) is 5.75 Å². The summed E-state index contributed by atoms with van der Waals surface area (Å²) in [4.78, 5) is 25.0. The lowest BCUT2D eigenvalue weighted by atomic mass is 10.1. The van der Waals surface area contributed by atoms with Crippen LogP contribution in [-0.2, 0) is 11.3 Å². The predicted octanol–water partition coefficient (Wildman–Crippen LogP) is 3.48. The highest BCUT2D eigenvalue weighted by Gasteiger charge is 2.13. The minimum atomic E-state index is -0.770. The first-order chi connectivity index (χ1) is 14.9. The number of anilines is 1. The van der Waals surface area contributed by atoms with Gasteiger partial charge >= 0.3 is 0 Å². The van der Waals surface area contributed by atoms with E-state index in [0.717, 1.165) is 29.5 Å². The Balaban J connectivity index is 1.57. The molecule has 0 aliphatic heterocycles. The number of carbonyl (C=O) groups excluding carboxylic acids is 1. The molecule has 0 bridgehead atoms. The van der Waals surface area contributed by atoms with Crippen LogP contribution in [0.4, 0.5) is 14.5 Å². The number of nitrogens with one attached hydrogen (secondary N) is 1. The third-order valence-corrected chi connectivity index (χ3v) is 4.58. The van der Waals surface area contributed by atoms with Crippen LogP contribution in [0.3, 0.4) is 0 Å². The topological polar surface area (TPSA) is 77.6 Å². The molecule has 0 atom stereocenters. The average molecular weight is 424 g/mol. The summed E-state index contributed by atoms with van der Waals surface area (Å²) in [6.07, 6.45) is 2.96. The highest BCUT2D eigenvalue weighted by Crippen LogP contribution is 2.22. The molecule has 4 rings (SSSR count). The summed E-state index contributed by atoms with van der Waals surface area (Å²) in [5, 5.41) is 6.67. The van der Waals surface area contributed by atoms with Crippen molar-refractivity contribution in [2.45, 2.75) is 13.5 Å². The summed E-state index contributed by atoms with van der Waals surface area (Å²) in [6.45, 7) is 2.09. The molecule has 0 radical (unpaired) electrons. The fraction of sp³-hybridized carbons (Fsp3) is 0.136. The molecule has 31 heavy (non-hydrogen) atoms. The van der Waals surface area contributed by atoms with Gasteiger partial charge in [0.1, 0.15) is 29.4 Å². The average Bonchev–Trinajstić information content (AvgIpc) is 3.19. The van der Waals surface area contributed by atoms with E-state index in [4.69, 9.17) is 4.74 Å². The summed E-state index contributed by atoms with van der Waals surface area (Å²) >= 11 is 0. The number of nitrogens with zero attached hydrogens (tertiary/aromatic N) is 3. The van der Waals surface area contributed by atoms with E-state index < -0.39 is 23.1 Å². The van der Waals surface area contributed by atoms with Crippen molar-refractivity contribution in [1.29, 1.82) is 0 Å². The lowest BCUT2D eigenvalue weighted by Gasteiger charge is -2.08. The Morgan fingerprint density at radius 3 is 2.61 bits per heavy atom. The summed E-state index contributed by atoms with van der Waals surface area (Å²) in [6, 6.07) is 11.7. The Kier molecular flexibility index (Phi) is 5.48. The third kappa shape index (κ3) is 4.30. The molecule has 158 valence electrons. The molecule has 7 nitrogen and oxygen atoms in total. The van der Waals surface area contributed by atoms with Gasteiger partial charge in [-0.2, -0.15) is 5.10 Å². The third-order valence-electron chi connectivity index (χ3n) is 4.58. The molecule has 0 saturated heterocycles. The van der Waals surface area contributed by atoms with Crippen LogP contribution in [0.2, 0.25) is 0 Å². The van der Waals surface area contributed by atoms with Crippen LogP contribution in [0.1, 0.15) is 6.92 Å². The number of amides is 1. The largest absolute Gasteiger partial charge is 0.494 e. The molecule has 2 aromatic carbocycles. The number of hydrogen-bond donors (Lipinski definition) is 1. The van der Waals surface area contributed by atoms with E-state index in [-0.39, 0.29) is 17.7 Å². The van der Waals surface area contributed by atoms with Gasteiger partial charge in [0, 0.05) is 24.0 Å². The van der Waals surface area contributed by atoms with Gasteiger partial charge in [-0.25, -0.2) is 13.3 Å². The van der Waals surface area contributed by atoms with Crippen LogP contribution in [-0.4, -0.2) is 26.7 Å². The summed E-state index contributed by atoms with van der Waals surface area (Å²) in [5.74, 6) is -1.38. The molecule has 9 heteroatoms. The number of aromatic nitrogens is 3. The Morgan fingerprint density at radius 2 is 1.87 bits per heavy atom. The molecular weight excluding hydrogens is 406 g/mol. The highest BCUT2D eigenvalue weighted by molar-refractivity contribution is 5.90. The maximum atomic E-state index is 13.7. The zero-order valence-corrected chi connectivity index (χ0v) is 16.5. The van der Waals surface area contributed by atoms with E-state index in [1.807, 2.05) is 31.2 Å². The van der Waals surface area contributed by atoms with Gasteiger partial charge in [0.15, 0.2) is 0 Å². The molecule has 0 spiro atoms. The monoisotopic (exact) mass is 424 g/mol. The Hall–Kier alpha value is -4.01. The smallest absolute Gasteiger partial charge is 0.277 e. The Bertz CT molecular complexity index is 1310. The number of benzene rings is 2. The van der Waals surface area contributed by atoms with Crippen molar-refractivity contribution in [1.82, 2.24) is 14.2 Å². The maximum Gasteiger partial charge on any atom is 0.277 e. The van der Waals surface area contributed by atoms with Crippen LogP contribution in [0, 0.1) is 11.6 Å². The Labute approximate surface area is 175 Å². The number of carbonyl (C=O) groups is 1. The van der Waals surface area contributed by atoms with E-state index in [0.29, 0.717) is 12.3 Å². The van der Waals surface area contributed by atoms with E-state index in [2.05, 4.69) is 10.4 Å². The first kappa shape index (κ1) is 20.3. The van der Waals surface area contributed by atoms with E-state index in [1.165, 1.54) is 15.3 Å². The minimum Gasteiger partial charge on any atom is -0.494 e. The van der Waals surface area contributed by atoms with Crippen molar-refractivity contribution in [3.8, 4) is 17.0 Å². The number of halogens is 2. The van der Waals surface area contributed by atoms with Gasteiger partial charge in [-0.05, 0) is 49.4 Å². The molecule has 0 aliphatic carbocycles. The second-order valence-electron chi connectivity index (χ2n) is 6.72. The van der Waals surface area contributed by atoms with Gasteiger partial charge in [0.2, 0.25) is 5.91 Å². The molecule has 4 aromatic rings. The first-order valence-corrected chi connectivity index (χ1v) is 9.51. The van der Waals surface area contributed by atoms with Gasteiger partial charge in [0.25, 0.3) is 5.56 Å². The van der Waals surface area contributed by atoms with Crippen molar-refractivity contribution in [3.63, 3.8) is 0 Å². The molecule has 2 aromatic heterocycles. The molecule has 1 N–H and O–H groups in total. The van der Waals surface area contributed by atoms with Crippen molar-refractivity contribution in [2.75, 3.05) is 11.9 Å². The highest BCUT2D eigenvalue weighted by atomic mass is 19.1. The van der Waals surface area contributed by atoms with Gasteiger partial charge in [-0.15, -0.1) is 0 Å². The number of ether oxygens (including phenoxy) is 1. The fourth-order valence-corrected chi connectivity index (χ4v) is 3.12. The van der Waals surface area contributed by atoms with Crippen molar-refractivity contribution < 1.29 is 18.3 Å². The Morgan fingerprint density at radius 1 is 1.10 bits per heavy atom. The summed E-state index contributed by atoms with van der Waals surface area (Å²) in [5.41, 5.74) is 0.932. The molecular formula is C22H18F2N4O3.